The van der Waals surface area contributed by atoms with Crippen LogP contribution in [0.25, 0.3) is 0 Å². The van der Waals surface area contributed by atoms with Crippen LogP contribution < -0.4 is 10.6 Å². The van der Waals surface area contributed by atoms with Crippen LogP contribution in [0.4, 0.5) is 0 Å². The zero-order chi connectivity index (χ0) is 16.2. The first-order valence-corrected chi connectivity index (χ1v) is 7.29. The number of furan rings is 1. The van der Waals surface area contributed by atoms with Crippen molar-refractivity contribution in [3.63, 3.8) is 0 Å². The van der Waals surface area contributed by atoms with Gasteiger partial charge in [0.1, 0.15) is 11.6 Å². The monoisotopic (exact) mass is 304 g/mol. The van der Waals surface area contributed by atoms with Crippen LogP contribution in [0.2, 0.25) is 0 Å². The first-order valence-electron chi connectivity index (χ1n) is 7.29. The standard InChI is InChI=1S/C16H20N2O4/c1-16(2,21)9-8-11-6-7-13(22-11)15(20)18-12-5-3-4-10-17-14(12)19/h6-7,12,21H,3-5,10H2,1-2H3,(H,17,19)(H,18,20). The van der Waals surface area contributed by atoms with Gasteiger partial charge < -0.3 is 20.2 Å². The van der Waals surface area contributed by atoms with Crippen LogP contribution >= 0.6 is 0 Å². The second kappa shape index (κ2) is 6.67. The van der Waals surface area contributed by atoms with Crippen LogP contribution in [0, 0.1) is 11.8 Å². The van der Waals surface area contributed by atoms with Crippen molar-refractivity contribution in [3.05, 3.63) is 23.7 Å². The van der Waals surface area contributed by atoms with E-state index in [4.69, 9.17) is 4.42 Å². The molecule has 0 aromatic carbocycles. The Morgan fingerprint density at radius 2 is 2.23 bits per heavy atom. The molecule has 0 saturated carbocycles. The summed E-state index contributed by atoms with van der Waals surface area (Å²) in [6, 6.07) is 2.52. The quantitative estimate of drug-likeness (QED) is 0.705. The average molecular weight is 304 g/mol. The first kappa shape index (κ1) is 16.1. The third-order valence-corrected chi connectivity index (χ3v) is 3.16. The van der Waals surface area contributed by atoms with Gasteiger partial charge in [0.15, 0.2) is 11.5 Å². The number of aliphatic hydroxyl groups is 1. The highest BCUT2D eigenvalue weighted by Crippen LogP contribution is 2.10. The molecule has 1 aliphatic rings. The molecule has 6 nitrogen and oxygen atoms in total. The molecule has 1 aromatic rings. The summed E-state index contributed by atoms with van der Waals surface area (Å²) in [6.07, 6.45) is 2.41. The lowest BCUT2D eigenvalue weighted by molar-refractivity contribution is -0.122. The van der Waals surface area contributed by atoms with Crippen LogP contribution in [0.15, 0.2) is 16.5 Å². The predicted molar refractivity (Wildman–Crippen MR) is 80.0 cm³/mol. The highest BCUT2D eigenvalue weighted by Gasteiger charge is 2.24. The largest absolute Gasteiger partial charge is 0.443 e. The molecule has 0 aliphatic carbocycles. The number of hydrogen-bond acceptors (Lipinski definition) is 4. The molecule has 1 fully saturated rings. The molecule has 6 heteroatoms. The van der Waals surface area contributed by atoms with E-state index < -0.39 is 17.6 Å². The van der Waals surface area contributed by atoms with E-state index >= 15 is 0 Å². The average Bonchev–Trinajstić information content (AvgIpc) is 2.83. The summed E-state index contributed by atoms with van der Waals surface area (Å²) in [5, 5.41) is 15.0. The summed E-state index contributed by atoms with van der Waals surface area (Å²) in [7, 11) is 0. The summed E-state index contributed by atoms with van der Waals surface area (Å²) >= 11 is 0. The molecule has 1 saturated heterocycles. The van der Waals surface area contributed by atoms with E-state index in [1.807, 2.05) is 0 Å². The Morgan fingerprint density at radius 1 is 1.45 bits per heavy atom. The number of rotatable bonds is 2. The highest BCUT2D eigenvalue weighted by atomic mass is 16.3. The number of amides is 2. The van der Waals surface area contributed by atoms with Crippen molar-refractivity contribution in [3.8, 4) is 11.8 Å². The Labute approximate surface area is 129 Å². The number of nitrogens with one attached hydrogen (secondary N) is 2. The van der Waals surface area contributed by atoms with Crippen molar-refractivity contribution >= 4 is 11.8 Å². The third kappa shape index (κ3) is 4.64. The van der Waals surface area contributed by atoms with E-state index in [0.29, 0.717) is 13.0 Å². The summed E-state index contributed by atoms with van der Waals surface area (Å²) in [6.45, 7) is 3.76. The zero-order valence-electron chi connectivity index (χ0n) is 12.7. The van der Waals surface area contributed by atoms with Crippen molar-refractivity contribution in [1.29, 1.82) is 0 Å². The van der Waals surface area contributed by atoms with E-state index in [1.165, 1.54) is 6.07 Å². The molecule has 1 unspecified atom stereocenters. The second-order valence-electron chi connectivity index (χ2n) is 5.79. The molecule has 0 bridgehead atoms. The summed E-state index contributed by atoms with van der Waals surface area (Å²) < 4.78 is 5.32. The second-order valence-corrected chi connectivity index (χ2v) is 5.79. The smallest absolute Gasteiger partial charge is 0.287 e. The molecule has 2 rings (SSSR count). The Bertz CT molecular complexity index is 616. The SMILES string of the molecule is CC(C)(O)C#Cc1ccc(C(=O)NC2CCCCNC2=O)o1. The van der Waals surface area contributed by atoms with Crippen molar-refractivity contribution in [2.24, 2.45) is 0 Å². The fourth-order valence-corrected chi connectivity index (χ4v) is 2.05. The number of carbonyl (C=O) groups excluding carboxylic acids is 2. The van der Waals surface area contributed by atoms with Gasteiger partial charge in [0.25, 0.3) is 5.91 Å². The lowest BCUT2D eigenvalue weighted by atomic mass is 10.1. The molecular weight excluding hydrogens is 284 g/mol. The van der Waals surface area contributed by atoms with E-state index in [-0.39, 0.29) is 17.4 Å². The minimum absolute atomic E-state index is 0.0945. The maximum Gasteiger partial charge on any atom is 0.287 e. The van der Waals surface area contributed by atoms with Crippen molar-refractivity contribution in [2.75, 3.05) is 6.54 Å². The van der Waals surface area contributed by atoms with Gasteiger partial charge in [-0.2, -0.15) is 0 Å². The van der Waals surface area contributed by atoms with Gasteiger partial charge in [0.2, 0.25) is 5.91 Å². The fourth-order valence-electron chi connectivity index (χ4n) is 2.05. The molecule has 2 amide bonds. The molecule has 118 valence electrons. The molecule has 0 spiro atoms. The van der Waals surface area contributed by atoms with Gasteiger partial charge in [0, 0.05) is 6.54 Å². The van der Waals surface area contributed by atoms with Gasteiger partial charge in [-0.1, -0.05) is 5.92 Å². The lowest BCUT2D eigenvalue weighted by Crippen LogP contribution is -2.45. The number of hydrogen-bond donors (Lipinski definition) is 3. The Morgan fingerprint density at radius 3 is 2.95 bits per heavy atom. The van der Waals surface area contributed by atoms with Crippen LogP contribution in [-0.4, -0.2) is 35.1 Å². The Hall–Kier alpha value is -2.26. The summed E-state index contributed by atoms with van der Waals surface area (Å²) in [4.78, 5) is 23.9. The van der Waals surface area contributed by atoms with E-state index in [2.05, 4.69) is 22.5 Å². The lowest BCUT2D eigenvalue weighted by Gasteiger charge is -2.13. The Balaban J connectivity index is 2.02. The number of carbonyl (C=O) groups is 2. The predicted octanol–water partition coefficient (Wildman–Crippen LogP) is 0.800. The molecule has 1 atom stereocenters. The van der Waals surface area contributed by atoms with Crippen LogP contribution in [0.3, 0.4) is 0 Å². The van der Waals surface area contributed by atoms with Gasteiger partial charge in [-0.15, -0.1) is 0 Å². The van der Waals surface area contributed by atoms with Crippen molar-refractivity contribution in [1.82, 2.24) is 10.6 Å². The van der Waals surface area contributed by atoms with Gasteiger partial charge in [-0.3, -0.25) is 9.59 Å². The van der Waals surface area contributed by atoms with Gasteiger partial charge in [0.05, 0.1) is 0 Å². The topological polar surface area (TPSA) is 91.6 Å². The van der Waals surface area contributed by atoms with Crippen LogP contribution in [0.5, 0.6) is 0 Å². The van der Waals surface area contributed by atoms with E-state index in [0.717, 1.165) is 12.8 Å². The molecule has 1 aliphatic heterocycles. The highest BCUT2D eigenvalue weighted by molar-refractivity contribution is 5.95. The Kier molecular flexibility index (Phi) is 4.88. The van der Waals surface area contributed by atoms with Crippen molar-refractivity contribution in [2.45, 2.75) is 44.8 Å². The minimum Gasteiger partial charge on any atom is -0.443 e. The first-order chi connectivity index (χ1) is 10.3. The molecule has 22 heavy (non-hydrogen) atoms. The van der Waals surface area contributed by atoms with E-state index in [9.17, 15) is 14.7 Å². The molecule has 0 radical (unpaired) electrons. The normalized spacial score (nSPS) is 18.7. The summed E-state index contributed by atoms with van der Waals surface area (Å²) in [5.41, 5.74) is -1.13. The maximum absolute atomic E-state index is 12.1. The van der Waals surface area contributed by atoms with E-state index in [1.54, 1.807) is 19.9 Å². The molecule has 3 N–H and O–H groups in total. The summed E-state index contributed by atoms with van der Waals surface area (Å²) in [5.74, 6) is 5.03. The molecular formula is C16H20N2O4. The van der Waals surface area contributed by atoms with Gasteiger partial charge >= 0.3 is 0 Å². The van der Waals surface area contributed by atoms with Gasteiger partial charge in [-0.25, -0.2) is 0 Å². The fraction of sp³-hybridized carbons (Fsp3) is 0.500. The molecule has 1 aromatic heterocycles. The minimum atomic E-state index is -1.13. The van der Waals surface area contributed by atoms with Crippen LogP contribution in [-0.2, 0) is 4.79 Å². The van der Waals surface area contributed by atoms with Crippen LogP contribution in [0.1, 0.15) is 49.4 Å². The maximum atomic E-state index is 12.1. The third-order valence-electron chi connectivity index (χ3n) is 3.16. The molecule has 2 heterocycles. The zero-order valence-corrected chi connectivity index (χ0v) is 12.7. The van der Waals surface area contributed by atoms with Crippen molar-refractivity contribution < 1.29 is 19.1 Å². The van der Waals surface area contributed by atoms with Gasteiger partial charge in [-0.05, 0) is 51.2 Å².